The number of ether oxygens (including phenoxy) is 1. The number of amides is 1. The van der Waals surface area contributed by atoms with Crippen molar-refractivity contribution in [2.24, 2.45) is 5.10 Å². The molecule has 0 bridgehead atoms. The van der Waals surface area contributed by atoms with E-state index in [2.05, 4.69) is 49.9 Å². The molecule has 2 aromatic heterocycles. The molecule has 0 unspecified atom stereocenters. The van der Waals surface area contributed by atoms with E-state index in [1.807, 2.05) is 6.92 Å². The monoisotopic (exact) mass is 471 g/mol. The van der Waals surface area contributed by atoms with Gasteiger partial charge in [-0.15, -0.1) is 5.10 Å². The molecular formula is C21H29N9O4. The lowest BCUT2D eigenvalue weighted by Crippen LogP contribution is -2.28. The lowest BCUT2D eigenvalue weighted by molar-refractivity contribution is 0.0947. The zero-order valence-corrected chi connectivity index (χ0v) is 19.4. The molecule has 0 saturated heterocycles. The number of nitrogen functional groups attached to an aromatic ring is 1. The molecule has 13 nitrogen and oxygen atoms in total. The minimum atomic E-state index is -0.552. The maximum atomic E-state index is 12.9. The van der Waals surface area contributed by atoms with E-state index in [4.69, 9.17) is 15.1 Å². The smallest absolute Gasteiger partial charge is 0.293 e. The van der Waals surface area contributed by atoms with E-state index in [0.29, 0.717) is 30.2 Å². The van der Waals surface area contributed by atoms with Gasteiger partial charge in [0.2, 0.25) is 11.6 Å². The van der Waals surface area contributed by atoms with Gasteiger partial charge in [-0.05, 0) is 66.9 Å². The number of hydrogen-bond donors (Lipinski definition) is 3. The average molecular weight is 472 g/mol. The van der Waals surface area contributed by atoms with E-state index >= 15 is 0 Å². The summed E-state index contributed by atoms with van der Waals surface area (Å²) < 4.78 is 11.4. The van der Waals surface area contributed by atoms with Crippen molar-refractivity contribution >= 4 is 17.9 Å². The standard InChI is InChI=1S/C21H29N9O4/c1-4-9-29(10-5-2)13-15-18(24-28-30(15)20-19(22)26-34-27-20)21(32)25-23-12-14-7-8-16(31)17(11-14)33-6-3/h7-8,11-12,31H,4-6,9-10,13H2,1-3H3,(H2,22,26)(H,25,32). The van der Waals surface area contributed by atoms with Crippen LogP contribution >= 0.6 is 0 Å². The summed E-state index contributed by atoms with van der Waals surface area (Å²) in [5.74, 6) is -0.00991. The average Bonchev–Trinajstić information content (AvgIpc) is 3.42. The van der Waals surface area contributed by atoms with Crippen LogP contribution in [0.3, 0.4) is 0 Å². The number of rotatable bonds is 12. The molecule has 2 heterocycles. The summed E-state index contributed by atoms with van der Waals surface area (Å²) in [6, 6.07) is 4.75. The molecule has 0 aliphatic rings. The number of hydrogen-bond acceptors (Lipinski definition) is 11. The maximum Gasteiger partial charge on any atom is 0.293 e. The number of nitrogens with two attached hydrogens (primary N) is 1. The van der Waals surface area contributed by atoms with Crippen LogP contribution in [0.4, 0.5) is 5.82 Å². The van der Waals surface area contributed by atoms with Gasteiger partial charge in [-0.25, -0.2) is 10.1 Å². The van der Waals surface area contributed by atoms with E-state index in [1.54, 1.807) is 12.1 Å². The van der Waals surface area contributed by atoms with Crippen LogP contribution < -0.4 is 15.9 Å². The lowest BCUT2D eigenvalue weighted by Gasteiger charge is -2.21. The Kier molecular flexibility index (Phi) is 8.51. The van der Waals surface area contributed by atoms with Gasteiger partial charge in [0, 0.05) is 6.54 Å². The molecule has 0 saturated carbocycles. The number of nitrogens with zero attached hydrogens (tertiary/aromatic N) is 7. The second-order valence-corrected chi connectivity index (χ2v) is 7.41. The van der Waals surface area contributed by atoms with Gasteiger partial charge < -0.3 is 15.6 Å². The van der Waals surface area contributed by atoms with Crippen LogP contribution in [0.15, 0.2) is 27.9 Å². The Morgan fingerprint density at radius 1 is 1.29 bits per heavy atom. The van der Waals surface area contributed by atoms with Gasteiger partial charge in [0.05, 0.1) is 18.5 Å². The molecule has 0 atom stereocenters. The van der Waals surface area contributed by atoms with E-state index in [-0.39, 0.29) is 23.1 Å². The van der Waals surface area contributed by atoms with Crippen molar-refractivity contribution in [3.8, 4) is 17.3 Å². The van der Waals surface area contributed by atoms with Crippen LogP contribution in [0.2, 0.25) is 0 Å². The fourth-order valence-electron chi connectivity index (χ4n) is 3.34. The zero-order valence-electron chi connectivity index (χ0n) is 19.4. The van der Waals surface area contributed by atoms with Crippen LogP contribution in [0.5, 0.6) is 11.5 Å². The Morgan fingerprint density at radius 3 is 2.71 bits per heavy atom. The predicted octanol–water partition coefficient (Wildman–Crippen LogP) is 1.72. The van der Waals surface area contributed by atoms with E-state index in [9.17, 15) is 9.90 Å². The number of phenolic OH excluding ortho intramolecular Hbond substituents is 1. The van der Waals surface area contributed by atoms with Crippen LogP contribution in [-0.4, -0.2) is 67.1 Å². The van der Waals surface area contributed by atoms with Crippen molar-refractivity contribution in [1.82, 2.24) is 35.6 Å². The summed E-state index contributed by atoms with van der Waals surface area (Å²) in [6.07, 6.45) is 3.32. The SMILES string of the molecule is CCCN(CCC)Cc1c(C(=O)NN=Cc2ccc(O)c(OCC)c2)nnn1-c1nonc1N. The predicted molar refractivity (Wildman–Crippen MR) is 124 cm³/mol. The van der Waals surface area contributed by atoms with Crippen LogP contribution in [0.1, 0.15) is 55.4 Å². The van der Waals surface area contributed by atoms with Gasteiger partial charge in [-0.1, -0.05) is 19.1 Å². The van der Waals surface area contributed by atoms with E-state index < -0.39 is 5.91 Å². The van der Waals surface area contributed by atoms with Gasteiger partial charge >= 0.3 is 0 Å². The van der Waals surface area contributed by atoms with Crippen molar-refractivity contribution in [3.05, 3.63) is 35.2 Å². The minimum absolute atomic E-state index is 0.0228. The molecule has 182 valence electrons. The fraction of sp³-hybridized carbons (Fsp3) is 0.429. The van der Waals surface area contributed by atoms with Gasteiger partial charge in [-0.2, -0.15) is 9.78 Å². The molecule has 1 amide bonds. The number of carbonyl (C=O) groups is 1. The summed E-state index contributed by atoms with van der Waals surface area (Å²) in [6.45, 7) is 8.43. The Balaban J connectivity index is 1.84. The van der Waals surface area contributed by atoms with Crippen LogP contribution in [0, 0.1) is 0 Å². The quantitative estimate of drug-likeness (QED) is 0.261. The number of aromatic nitrogens is 5. The molecule has 1 aromatic carbocycles. The van der Waals surface area contributed by atoms with Gasteiger partial charge in [-0.3, -0.25) is 9.69 Å². The fourth-order valence-corrected chi connectivity index (χ4v) is 3.34. The summed E-state index contributed by atoms with van der Waals surface area (Å²) in [5.41, 5.74) is 9.50. The third-order valence-corrected chi connectivity index (χ3v) is 4.79. The second-order valence-electron chi connectivity index (χ2n) is 7.41. The molecule has 0 radical (unpaired) electrons. The van der Waals surface area contributed by atoms with Gasteiger partial charge in [0.1, 0.15) is 0 Å². The molecule has 3 rings (SSSR count). The molecule has 0 fully saturated rings. The highest BCUT2D eigenvalue weighted by atomic mass is 16.6. The normalized spacial score (nSPS) is 11.4. The highest BCUT2D eigenvalue weighted by Gasteiger charge is 2.25. The number of carbonyl (C=O) groups excluding carboxylic acids is 1. The van der Waals surface area contributed by atoms with E-state index in [1.165, 1.54) is 17.0 Å². The zero-order chi connectivity index (χ0) is 24.5. The Bertz CT molecular complexity index is 1120. The number of hydrazone groups is 1. The van der Waals surface area contributed by atoms with Crippen molar-refractivity contribution in [2.75, 3.05) is 25.4 Å². The Hall–Kier alpha value is -4.00. The molecule has 4 N–H and O–H groups in total. The van der Waals surface area contributed by atoms with Crippen molar-refractivity contribution in [3.63, 3.8) is 0 Å². The first-order valence-corrected chi connectivity index (χ1v) is 11.0. The first kappa shape index (κ1) is 24.6. The van der Waals surface area contributed by atoms with E-state index in [0.717, 1.165) is 25.9 Å². The first-order chi connectivity index (χ1) is 16.5. The summed E-state index contributed by atoms with van der Waals surface area (Å²) in [7, 11) is 0. The molecule has 13 heteroatoms. The molecule has 0 aliphatic carbocycles. The number of phenols is 1. The van der Waals surface area contributed by atoms with Gasteiger partial charge in [0.15, 0.2) is 17.2 Å². The van der Waals surface area contributed by atoms with Crippen LogP contribution in [0.25, 0.3) is 5.82 Å². The van der Waals surface area contributed by atoms with Crippen molar-refractivity contribution < 1.29 is 19.3 Å². The summed E-state index contributed by atoms with van der Waals surface area (Å²) in [5, 5.41) is 29.3. The molecule has 0 spiro atoms. The highest BCUT2D eigenvalue weighted by molar-refractivity contribution is 5.94. The summed E-state index contributed by atoms with van der Waals surface area (Å²) >= 11 is 0. The first-order valence-electron chi connectivity index (χ1n) is 11.0. The largest absolute Gasteiger partial charge is 0.504 e. The second kappa shape index (κ2) is 11.7. The van der Waals surface area contributed by atoms with Crippen LogP contribution in [-0.2, 0) is 6.54 Å². The molecule has 0 aliphatic heterocycles. The number of aromatic hydroxyl groups is 1. The molecular weight excluding hydrogens is 442 g/mol. The third kappa shape index (κ3) is 5.86. The topological polar surface area (TPSA) is 170 Å². The molecule has 34 heavy (non-hydrogen) atoms. The highest BCUT2D eigenvalue weighted by Crippen LogP contribution is 2.26. The maximum absolute atomic E-state index is 12.9. The minimum Gasteiger partial charge on any atom is -0.504 e. The molecule has 3 aromatic rings. The summed E-state index contributed by atoms with van der Waals surface area (Å²) in [4.78, 5) is 15.1. The Morgan fingerprint density at radius 2 is 2.06 bits per heavy atom. The van der Waals surface area contributed by atoms with Gasteiger partial charge in [0.25, 0.3) is 5.91 Å². The lowest BCUT2D eigenvalue weighted by atomic mass is 10.2. The Labute approximate surface area is 196 Å². The number of benzene rings is 1. The number of anilines is 1. The van der Waals surface area contributed by atoms with Crippen molar-refractivity contribution in [1.29, 1.82) is 0 Å². The van der Waals surface area contributed by atoms with Crippen molar-refractivity contribution in [2.45, 2.75) is 40.2 Å². The number of nitrogens with one attached hydrogen (secondary N) is 1. The third-order valence-electron chi connectivity index (χ3n) is 4.79.